The molecule has 5 nitrogen and oxygen atoms in total. The fraction of sp³-hybridized carbons (Fsp3) is 0.333. The quantitative estimate of drug-likeness (QED) is 0.908. The van der Waals surface area contributed by atoms with Crippen LogP contribution in [0, 0.1) is 0 Å². The summed E-state index contributed by atoms with van der Waals surface area (Å²) >= 11 is 0. The lowest BCUT2D eigenvalue weighted by Crippen LogP contribution is -2.23. The molecule has 5 heteroatoms. The molecule has 1 N–H and O–H groups in total. The van der Waals surface area contributed by atoms with Gasteiger partial charge in [0, 0.05) is 24.1 Å². The minimum Gasteiger partial charge on any atom is -0.496 e. The molecule has 0 saturated heterocycles. The summed E-state index contributed by atoms with van der Waals surface area (Å²) in [6, 6.07) is 9.31. The Morgan fingerprint density at radius 2 is 2.25 bits per heavy atom. The van der Waals surface area contributed by atoms with Gasteiger partial charge in [-0.15, -0.1) is 0 Å². The van der Waals surface area contributed by atoms with Gasteiger partial charge in [0.1, 0.15) is 11.5 Å². The second kappa shape index (κ2) is 5.36. The molecule has 1 fully saturated rings. The highest BCUT2D eigenvalue weighted by atomic mass is 16.5. The number of hydrogen-bond acceptors (Lipinski definition) is 4. The predicted molar refractivity (Wildman–Crippen MR) is 72.6 cm³/mol. The van der Waals surface area contributed by atoms with Crippen molar-refractivity contribution in [1.29, 1.82) is 0 Å². The van der Waals surface area contributed by atoms with Crippen molar-refractivity contribution >= 4 is 5.91 Å². The van der Waals surface area contributed by atoms with Crippen LogP contribution in [0.4, 0.5) is 0 Å². The number of hydrogen-bond donors (Lipinski definition) is 1. The topological polar surface area (TPSA) is 64.4 Å². The Balaban J connectivity index is 1.63. The molecule has 0 bridgehead atoms. The lowest BCUT2D eigenvalue weighted by molar-refractivity contribution is 0.0941. The molecule has 1 aromatic heterocycles. The van der Waals surface area contributed by atoms with Gasteiger partial charge in [-0.2, -0.15) is 0 Å². The van der Waals surface area contributed by atoms with Crippen LogP contribution in [-0.4, -0.2) is 18.2 Å². The van der Waals surface area contributed by atoms with Crippen LogP contribution in [0.2, 0.25) is 0 Å². The molecule has 3 rings (SSSR count). The molecule has 0 aliphatic heterocycles. The number of carbonyl (C=O) groups excluding carboxylic acids is 1. The Morgan fingerprint density at radius 3 is 3.00 bits per heavy atom. The maximum atomic E-state index is 12.0. The number of ether oxygens (including phenoxy) is 1. The van der Waals surface area contributed by atoms with E-state index in [1.165, 1.54) is 0 Å². The maximum absolute atomic E-state index is 12.0. The van der Waals surface area contributed by atoms with Crippen LogP contribution in [0.25, 0.3) is 0 Å². The van der Waals surface area contributed by atoms with E-state index in [0.717, 1.165) is 29.9 Å². The summed E-state index contributed by atoms with van der Waals surface area (Å²) in [5.74, 6) is 1.80. The molecule has 0 atom stereocenters. The van der Waals surface area contributed by atoms with E-state index in [0.29, 0.717) is 18.2 Å². The van der Waals surface area contributed by atoms with Gasteiger partial charge in [-0.3, -0.25) is 4.79 Å². The summed E-state index contributed by atoms with van der Waals surface area (Å²) in [5.41, 5.74) is 1.26. The van der Waals surface area contributed by atoms with Crippen molar-refractivity contribution in [2.75, 3.05) is 7.11 Å². The van der Waals surface area contributed by atoms with Crippen molar-refractivity contribution in [3.63, 3.8) is 0 Å². The van der Waals surface area contributed by atoms with E-state index >= 15 is 0 Å². The molecular formula is C15H16N2O3. The fourth-order valence-corrected chi connectivity index (χ4v) is 2.07. The van der Waals surface area contributed by atoms with E-state index < -0.39 is 0 Å². The zero-order chi connectivity index (χ0) is 13.9. The third kappa shape index (κ3) is 2.66. The van der Waals surface area contributed by atoms with Crippen LogP contribution in [0.3, 0.4) is 0 Å². The summed E-state index contributed by atoms with van der Waals surface area (Å²) in [7, 11) is 1.61. The molecule has 0 radical (unpaired) electrons. The molecule has 1 aliphatic carbocycles. The standard InChI is InChI=1S/C15H16N2O3/c1-19-13-5-3-2-4-11(13)9-16-15(18)12-8-14(20-17-12)10-6-7-10/h2-5,8,10H,6-7,9H2,1H3,(H,16,18). The highest BCUT2D eigenvalue weighted by Crippen LogP contribution is 2.40. The zero-order valence-corrected chi connectivity index (χ0v) is 11.3. The molecule has 0 spiro atoms. The number of nitrogens with one attached hydrogen (secondary N) is 1. The Morgan fingerprint density at radius 1 is 1.45 bits per heavy atom. The van der Waals surface area contributed by atoms with Crippen molar-refractivity contribution in [3.05, 3.63) is 47.3 Å². The molecule has 1 aromatic carbocycles. The lowest BCUT2D eigenvalue weighted by Gasteiger charge is -2.08. The van der Waals surface area contributed by atoms with E-state index in [4.69, 9.17) is 9.26 Å². The van der Waals surface area contributed by atoms with Crippen LogP contribution in [0.1, 0.15) is 40.6 Å². The highest BCUT2D eigenvalue weighted by molar-refractivity contribution is 5.92. The van der Waals surface area contributed by atoms with Gasteiger partial charge in [0.05, 0.1) is 7.11 Å². The molecule has 1 amide bonds. The van der Waals surface area contributed by atoms with E-state index in [-0.39, 0.29) is 5.91 Å². The SMILES string of the molecule is COc1ccccc1CNC(=O)c1cc(C2CC2)on1. The van der Waals surface area contributed by atoms with Crippen LogP contribution >= 0.6 is 0 Å². The minimum atomic E-state index is -0.230. The van der Waals surface area contributed by atoms with Gasteiger partial charge in [-0.25, -0.2) is 0 Å². The lowest BCUT2D eigenvalue weighted by atomic mass is 10.2. The number of amides is 1. The van der Waals surface area contributed by atoms with Crippen LogP contribution < -0.4 is 10.1 Å². The molecule has 2 aromatic rings. The summed E-state index contributed by atoms with van der Waals surface area (Å²) in [6.45, 7) is 0.397. The number of aromatic nitrogens is 1. The normalized spacial score (nSPS) is 14.1. The fourth-order valence-electron chi connectivity index (χ4n) is 2.07. The molecular weight excluding hydrogens is 256 g/mol. The summed E-state index contributed by atoms with van der Waals surface area (Å²) in [5, 5.41) is 6.64. The smallest absolute Gasteiger partial charge is 0.273 e. The number of benzene rings is 1. The van der Waals surface area contributed by atoms with Gasteiger partial charge >= 0.3 is 0 Å². The monoisotopic (exact) mass is 272 g/mol. The zero-order valence-electron chi connectivity index (χ0n) is 11.3. The first-order valence-electron chi connectivity index (χ1n) is 6.64. The first kappa shape index (κ1) is 12.7. The molecule has 0 unspecified atom stereocenters. The van der Waals surface area contributed by atoms with Crippen LogP contribution in [-0.2, 0) is 6.54 Å². The third-order valence-corrected chi connectivity index (χ3v) is 3.37. The van der Waals surface area contributed by atoms with E-state index in [2.05, 4.69) is 10.5 Å². The number of methoxy groups -OCH3 is 1. The summed E-state index contributed by atoms with van der Waals surface area (Å²) in [6.07, 6.45) is 2.24. The van der Waals surface area contributed by atoms with Crippen molar-refractivity contribution in [2.24, 2.45) is 0 Å². The predicted octanol–water partition coefficient (Wildman–Crippen LogP) is 2.49. The first-order chi connectivity index (χ1) is 9.78. The largest absolute Gasteiger partial charge is 0.496 e. The second-order valence-electron chi connectivity index (χ2n) is 4.88. The van der Waals surface area contributed by atoms with Crippen LogP contribution in [0.5, 0.6) is 5.75 Å². The number of rotatable bonds is 5. The van der Waals surface area contributed by atoms with Crippen LogP contribution in [0.15, 0.2) is 34.9 Å². The van der Waals surface area contributed by atoms with Gasteiger partial charge in [0.15, 0.2) is 5.69 Å². The molecule has 1 heterocycles. The Labute approximate surface area is 116 Å². The van der Waals surface area contributed by atoms with Crippen molar-refractivity contribution in [2.45, 2.75) is 25.3 Å². The first-order valence-corrected chi connectivity index (χ1v) is 6.64. The molecule has 1 saturated carbocycles. The van der Waals surface area contributed by atoms with Crippen molar-refractivity contribution in [3.8, 4) is 5.75 Å². The van der Waals surface area contributed by atoms with Crippen molar-refractivity contribution < 1.29 is 14.1 Å². The van der Waals surface area contributed by atoms with E-state index in [1.807, 2.05) is 24.3 Å². The Kier molecular flexibility index (Phi) is 3.41. The Hall–Kier alpha value is -2.30. The van der Waals surface area contributed by atoms with E-state index in [9.17, 15) is 4.79 Å². The average Bonchev–Trinajstić information content (AvgIpc) is 3.22. The molecule has 1 aliphatic rings. The minimum absolute atomic E-state index is 0.230. The third-order valence-electron chi connectivity index (χ3n) is 3.37. The van der Waals surface area contributed by atoms with Gasteiger partial charge in [0.25, 0.3) is 5.91 Å². The Bertz CT molecular complexity index is 617. The van der Waals surface area contributed by atoms with Gasteiger partial charge < -0.3 is 14.6 Å². The number of carbonyl (C=O) groups is 1. The maximum Gasteiger partial charge on any atom is 0.273 e. The van der Waals surface area contributed by atoms with E-state index in [1.54, 1.807) is 13.2 Å². The van der Waals surface area contributed by atoms with Crippen molar-refractivity contribution in [1.82, 2.24) is 10.5 Å². The highest BCUT2D eigenvalue weighted by Gasteiger charge is 2.28. The number of para-hydroxylation sites is 1. The van der Waals surface area contributed by atoms with Gasteiger partial charge in [-0.1, -0.05) is 23.4 Å². The van der Waals surface area contributed by atoms with Gasteiger partial charge in [-0.05, 0) is 18.9 Å². The molecule has 104 valence electrons. The average molecular weight is 272 g/mol. The summed E-state index contributed by atoms with van der Waals surface area (Å²) in [4.78, 5) is 12.0. The summed E-state index contributed by atoms with van der Waals surface area (Å²) < 4.78 is 10.4. The molecule has 20 heavy (non-hydrogen) atoms. The van der Waals surface area contributed by atoms with Gasteiger partial charge in [0.2, 0.25) is 0 Å². The number of nitrogens with zero attached hydrogens (tertiary/aromatic N) is 1. The second-order valence-corrected chi connectivity index (χ2v) is 4.88.